The van der Waals surface area contributed by atoms with Crippen LogP contribution in [0.25, 0.3) is 0 Å². The van der Waals surface area contributed by atoms with Crippen molar-refractivity contribution in [2.75, 3.05) is 0 Å². The summed E-state index contributed by atoms with van der Waals surface area (Å²) in [5.41, 5.74) is 0.461. The van der Waals surface area contributed by atoms with E-state index in [9.17, 15) is 30.4 Å². The van der Waals surface area contributed by atoms with Gasteiger partial charge in [-0.15, -0.1) is 0 Å². The van der Waals surface area contributed by atoms with Gasteiger partial charge in [0.15, 0.2) is 0 Å². The molecule has 132 valence electrons. The van der Waals surface area contributed by atoms with Gasteiger partial charge in [-0.2, -0.15) is 0 Å². The molecule has 0 aliphatic heterocycles. The molecule has 2 aromatic carbocycles. The quantitative estimate of drug-likeness (QED) is 0.590. The lowest BCUT2D eigenvalue weighted by molar-refractivity contribution is -0.385. The summed E-state index contributed by atoms with van der Waals surface area (Å²) in [5, 5.41) is 41.6. The molecule has 2 rings (SSSR count). The number of rotatable bonds is 6. The SMILES string of the molecule is CC(O)c1cc([N+](=O)[O-])ccc1Sc1ccc([N+](=O)[O-])cc1C(C)O. The third-order valence-corrected chi connectivity index (χ3v) is 4.71. The van der Waals surface area contributed by atoms with Gasteiger partial charge < -0.3 is 10.2 Å². The molecule has 2 aromatic rings. The molecule has 0 saturated carbocycles. The maximum absolute atomic E-state index is 10.9. The van der Waals surface area contributed by atoms with Crippen molar-refractivity contribution in [1.82, 2.24) is 0 Å². The highest BCUT2D eigenvalue weighted by Crippen LogP contribution is 2.39. The number of aliphatic hydroxyl groups excluding tert-OH is 2. The number of nitro groups is 2. The van der Waals surface area contributed by atoms with Crippen LogP contribution in [0, 0.1) is 20.2 Å². The molecule has 0 saturated heterocycles. The van der Waals surface area contributed by atoms with Crippen LogP contribution in [0.5, 0.6) is 0 Å². The van der Waals surface area contributed by atoms with Crippen LogP contribution in [-0.4, -0.2) is 20.1 Å². The van der Waals surface area contributed by atoms with Crippen molar-refractivity contribution < 1.29 is 20.1 Å². The van der Waals surface area contributed by atoms with E-state index >= 15 is 0 Å². The van der Waals surface area contributed by atoms with Gasteiger partial charge in [0.2, 0.25) is 0 Å². The lowest BCUT2D eigenvalue weighted by atomic mass is 10.1. The van der Waals surface area contributed by atoms with Crippen LogP contribution < -0.4 is 0 Å². The maximum atomic E-state index is 10.9. The Morgan fingerprint density at radius 3 is 1.48 bits per heavy atom. The van der Waals surface area contributed by atoms with Crippen molar-refractivity contribution in [3.8, 4) is 0 Å². The van der Waals surface area contributed by atoms with E-state index in [4.69, 9.17) is 0 Å². The number of nitrogens with zero attached hydrogens (tertiary/aromatic N) is 2. The van der Waals surface area contributed by atoms with Crippen LogP contribution in [0.15, 0.2) is 46.2 Å². The summed E-state index contributed by atoms with van der Waals surface area (Å²) < 4.78 is 0. The predicted octanol–water partition coefficient (Wildman–Crippen LogP) is 3.76. The lowest BCUT2D eigenvalue weighted by Crippen LogP contribution is -1.99. The number of hydrogen-bond acceptors (Lipinski definition) is 7. The summed E-state index contributed by atoms with van der Waals surface area (Å²) in [6.45, 7) is 2.99. The summed E-state index contributed by atoms with van der Waals surface area (Å²) in [7, 11) is 0. The topological polar surface area (TPSA) is 127 Å². The zero-order valence-electron chi connectivity index (χ0n) is 13.4. The predicted molar refractivity (Wildman–Crippen MR) is 91.6 cm³/mol. The summed E-state index contributed by atoms with van der Waals surface area (Å²) >= 11 is 1.17. The first-order valence-electron chi connectivity index (χ1n) is 7.31. The molecule has 0 fully saturated rings. The molecule has 2 N–H and O–H groups in total. The van der Waals surface area contributed by atoms with Crippen LogP contribution in [0.1, 0.15) is 37.2 Å². The highest BCUT2D eigenvalue weighted by Gasteiger charge is 2.19. The molecule has 9 heteroatoms. The van der Waals surface area contributed by atoms with Crippen molar-refractivity contribution in [3.05, 3.63) is 67.8 Å². The summed E-state index contributed by atoms with van der Waals surface area (Å²) in [5.74, 6) is 0. The Kier molecular flexibility index (Phi) is 5.73. The number of non-ortho nitro benzene ring substituents is 2. The Bertz CT molecular complexity index is 755. The van der Waals surface area contributed by atoms with Gasteiger partial charge in [-0.25, -0.2) is 0 Å². The van der Waals surface area contributed by atoms with Gasteiger partial charge >= 0.3 is 0 Å². The van der Waals surface area contributed by atoms with Gasteiger partial charge in [-0.3, -0.25) is 20.2 Å². The standard InChI is InChI=1S/C16H16N2O6S/c1-9(19)13-7-11(17(21)22)3-5-15(13)25-16-6-4-12(18(23)24)8-14(16)10(2)20/h3-10,19-20H,1-2H3. The molecular formula is C16H16N2O6S. The third kappa shape index (κ3) is 4.32. The van der Waals surface area contributed by atoms with Crippen molar-refractivity contribution in [1.29, 1.82) is 0 Å². The molecule has 0 bridgehead atoms. The second-order valence-electron chi connectivity index (χ2n) is 5.41. The van der Waals surface area contributed by atoms with Gasteiger partial charge in [-0.1, -0.05) is 11.8 Å². The first-order valence-corrected chi connectivity index (χ1v) is 8.13. The molecule has 0 radical (unpaired) electrons. The van der Waals surface area contributed by atoms with Crippen molar-refractivity contribution in [2.24, 2.45) is 0 Å². The molecule has 0 spiro atoms. The molecule has 0 aliphatic rings. The zero-order chi connectivity index (χ0) is 18.7. The molecule has 0 aliphatic carbocycles. The molecular weight excluding hydrogens is 348 g/mol. The average Bonchev–Trinajstić information content (AvgIpc) is 2.54. The fourth-order valence-electron chi connectivity index (χ4n) is 2.26. The number of nitro benzene ring substituents is 2. The van der Waals surface area contributed by atoms with Crippen molar-refractivity contribution >= 4 is 23.1 Å². The smallest absolute Gasteiger partial charge is 0.269 e. The minimum atomic E-state index is -0.935. The highest BCUT2D eigenvalue weighted by atomic mass is 32.2. The maximum Gasteiger partial charge on any atom is 0.269 e. The largest absolute Gasteiger partial charge is 0.389 e. The number of benzene rings is 2. The van der Waals surface area contributed by atoms with E-state index in [0.717, 1.165) is 0 Å². The first-order chi connectivity index (χ1) is 11.7. The average molecular weight is 364 g/mol. The number of aliphatic hydroxyl groups is 2. The van der Waals surface area contributed by atoms with Gasteiger partial charge in [0.1, 0.15) is 0 Å². The highest BCUT2D eigenvalue weighted by molar-refractivity contribution is 7.99. The van der Waals surface area contributed by atoms with E-state index in [-0.39, 0.29) is 11.4 Å². The normalized spacial score (nSPS) is 13.3. The summed E-state index contributed by atoms with van der Waals surface area (Å²) in [4.78, 5) is 21.9. The van der Waals surface area contributed by atoms with E-state index in [0.29, 0.717) is 20.9 Å². The monoisotopic (exact) mass is 364 g/mol. The van der Waals surface area contributed by atoms with Crippen LogP contribution >= 0.6 is 11.8 Å². The second kappa shape index (κ2) is 7.60. The van der Waals surface area contributed by atoms with Crippen LogP contribution in [-0.2, 0) is 0 Å². The Labute approximate surface area is 147 Å². The Morgan fingerprint density at radius 2 is 1.20 bits per heavy atom. The first kappa shape index (κ1) is 18.8. The van der Waals surface area contributed by atoms with Gasteiger partial charge in [-0.05, 0) is 26.0 Å². The number of hydrogen-bond donors (Lipinski definition) is 2. The van der Waals surface area contributed by atoms with E-state index in [1.165, 1.54) is 62.0 Å². The summed E-state index contributed by atoms with van der Waals surface area (Å²) in [6.07, 6.45) is -1.87. The molecule has 0 heterocycles. The summed E-state index contributed by atoms with van der Waals surface area (Å²) in [6, 6.07) is 8.25. The van der Waals surface area contributed by atoms with Crippen molar-refractivity contribution in [2.45, 2.75) is 35.8 Å². The lowest BCUT2D eigenvalue weighted by Gasteiger charge is -2.15. The van der Waals surface area contributed by atoms with Gasteiger partial charge in [0, 0.05) is 45.2 Å². The minimum Gasteiger partial charge on any atom is -0.389 e. The fourth-order valence-corrected chi connectivity index (χ4v) is 3.46. The van der Waals surface area contributed by atoms with Gasteiger partial charge in [0.25, 0.3) is 11.4 Å². The van der Waals surface area contributed by atoms with Crippen LogP contribution in [0.3, 0.4) is 0 Å². The fraction of sp³-hybridized carbons (Fsp3) is 0.250. The molecule has 0 aromatic heterocycles. The molecule has 2 unspecified atom stereocenters. The minimum absolute atomic E-state index is 0.139. The Morgan fingerprint density at radius 1 is 0.840 bits per heavy atom. The zero-order valence-corrected chi connectivity index (χ0v) is 14.3. The van der Waals surface area contributed by atoms with Crippen LogP contribution in [0.4, 0.5) is 11.4 Å². The molecule has 0 amide bonds. The van der Waals surface area contributed by atoms with E-state index < -0.39 is 22.1 Å². The molecule has 8 nitrogen and oxygen atoms in total. The molecule has 25 heavy (non-hydrogen) atoms. The van der Waals surface area contributed by atoms with Crippen molar-refractivity contribution in [3.63, 3.8) is 0 Å². The van der Waals surface area contributed by atoms with E-state index in [1.54, 1.807) is 0 Å². The van der Waals surface area contributed by atoms with Crippen LogP contribution in [0.2, 0.25) is 0 Å². The Balaban J connectivity index is 2.49. The van der Waals surface area contributed by atoms with E-state index in [1.807, 2.05) is 0 Å². The molecule has 2 atom stereocenters. The third-order valence-electron chi connectivity index (χ3n) is 3.53. The van der Waals surface area contributed by atoms with Gasteiger partial charge in [0.05, 0.1) is 22.1 Å². The van der Waals surface area contributed by atoms with E-state index in [2.05, 4.69) is 0 Å². The Hall–Kier alpha value is -2.49. The second-order valence-corrected chi connectivity index (χ2v) is 6.50.